The van der Waals surface area contributed by atoms with Crippen LogP contribution in [0.1, 0.15) is 30.4 Å². The lowest BCUT2D eigenvalue weighted by molar-refractivity contribution is -0.117. The van der Waals surface area contributed by atoms with Gasteiger partial charge in [-0.1, -0.05) is 24.1 Å². The Balaban J connectivity index is 1.98. The lowest BCUT2D eigenvalue weighted by Gasteiger charge is -2.25. The number of likely N-dealkylation sites (tertiary alicyclic amines) is 1. The van der Waals surface area contributed by atoms with Gasteiger partial charge >= 0.3 is 0 Å². The molecule has 1 aromatic carbocycles. The van der Waals surface area contributed by atoms with Crippen LogP contribution in [0.5, 0.6) is 0 Å². The quantitative estimate of drug-likeness (QED) is 0.921. The van der Waals surface area contributed by atoms with Gasteiger partial charge in [-0.05, 0) is 57.0 Å². The molecule has 1 aromatic rings. The van der Waals surface area contributed by atoms with Crippen LogP contribution in [-0.4, -0.2) is 30.4 Å². The maximum atomic E-state index is 12.1. The van der Waals surface area contributed by atoms with Gasteiger partial charge < -0.3 is 5.32 Å². The minimum absolute atomic E-state index is 0.0238. The zero-order valence-corrected chi connectivity index (χ0v) is 12.4. The normalized spacial score (nSPS) is 16.4. The van der Waals surface area contributed by atoms with E-state index in [-0.39, 0.29) is 5.91 Å². The van der Waals surface area contributed by atoms with Gasteiger partial charge in [-0.25, -0.2) is 0 Å². The van der Waals surface area contributed by atoms with Crippen molar-refractivity contribution in [2.24, 2.45) is 0 Å². The SMILES string of the molecule is Cc1cc(C)c(NC(=O)CN2CCCCC2)c(Cl)c1. The Labute approximate surface area is 119 Å². The van der Waals surface area contributed by atoms with E-state index in [0.717, 1.165) is 29.9 Å². The van der Waals surface area contributed by atoms with Crippen molar-refractivity contribution in [1.29, 1.82) is 0 Å². The largest absolute Gasteiger partial charge is 0.323 e. The molecule has 1 fully saturated rings. The molecule has 19 heavy (non-hydrogen) atoms. The number of carbonyl (C=O) groups is 1. The van der Waals surface area contributed by atoms with Crippen molar-refractivity contribution in [2.45, 2.75) is 33.1 Å². The first-order chi connectivity index (χ1) is 9.06. The second-order valence-electron chi connectivity index (χ2n) is 5.32. The molecule has 1 aliphatic heterocycles. The summed E-state index contributed by atoms with van der Waals surface area (Å²) in [5.41, 5.74) is 2.86. The Morgan fingerprint density at radius 1 is 1.26 bits per heavy atom. The smallest absolute Gasteiger partial charge is 0.238 e. The van der Waals surface area contributed by atoms with Crippen molar-refractivity contribution in [3.63, 3.8) is 0 Å². The molecule has 4 heteroatoms. The number of rotatable bonds is 3. The molecular formula is C15H21ClN2O. The molecule has 0 saturated carbocycles. The van der Waals surface area contributed by atoms with Gasteiger partial charge in [0.1, 0.15) is 0 Å². The average molecular weight is 281 g/mol. The summed E-state index contributed by atoms with van der Waals surface area (Å²) in [6.07, 6.45) is 3.66. The van der Waals surface area contributed by atoms with Crippen LogP contribution in [0, 0.1) is 13.8 Å². The molecule has 1 amide bonds. The van der Waals surface area contributed by atoms with Crippen LogP contribution in [0.15, 0.2) is 12.1 Å². The first-order valence-corrected chi connectivity index (χ1v) is 7.23. The van der Waals surface area contributed by atoms with Gasteiger partial charge in [0.05, 0.1) is 17.3 Å². The fourth-order valence-corrected chi connectivity index (χ4v) is 2.94. The molecule has 1 N–H and O–H groups in total. The summed E-state index contributed by atoms with van der Waals surface area (Å²) in [7, 11) is 0. The number of nitrogens with one attached hydrogen (secondary N) is 1. The zero-order valence-electron chi connectivity index (χ0n) is 11.6. The molecule has 3 nitrogen and oxygen atoms in total. The number of halogens is 1. The predicted molar refractivity (Wildman–Crippen MR) is 79.8 cm³/mol. The topological polar surface area (TPSA) is 32.3 Å². The summed E-state index contributed by atoms with van der Waals surface area (Å²) in [6.45, 7) is 6.47. The molecule has 0 radical (unpaired) electrons. The summed E-state index contributed by atoms with van der Waals surface area (Å²) >= 11 is 6.19. The Bertz CT molecular complexity index is 444. The summed E-state index contributed by atoms with van der Waals surface area (Å²) < 4.78 is 0. The van der Waals surface area contributed by atoms with Gasteiger partial charge in [0.2, 0.25) is 5.91 Å². The molecule has 2 rings (SSSR count). The van der Waals surface area contributed by atoms with Crippen LogP contribution in [0.25, 0.3) is 0 Å². The van der Waals surface area contributed by atoms with Crippen molar-refractivity contribution in [3.8, 4) is 0 Å². The molecule has 1 heterocycles. The van der Waals surface area contributed by atoms with Gasteiger partial charge in [0.25, 0.3) is 0 Å². The van der Waals surface area contributed by atoms with Crippen LogP contribution in [-0.2, 0) is 4.79 Å². The Kier molecular flexibility index (Phi) is 4.83. The van der Waals surface area contributed by atoms with Crippen molar-refractivity contribution in [2.75, 3.05) is 25.0 Å². The number of hydrogen-bond donors (Lipinski definition) is 1. The van der Waals surface area contributed by atoms with Crippen LogP contribution < -0.4 is 5.32 Å². The Morgan fingerprint density at radius 2 is 1.95 bits per heavy atom. The lowest BCUT2D eigenvalue weighted by atomic mass is 10.1. The summed E-state index contributed by atoms with van der Waals surface area (Å²) in [5.74, 6) is 0.0238. The van der Waals surface area contributed by atoms with Crippen molar-refractivity contribution >= 4 is 23.2 Å². The summed E-state index contributed by atoms with van der Waals surface area (Å²) in [6, 6.07) is 3.91. The van der Waals surface area contributed by atoms with E-state index in [1.807, 2.05) is 26.0 Å². The third-order valence-corrected chi connectivity index (χ3v) is 3.81. The number of nitrogens with zero attached hydrogens (tertiary/aromatic N) is 1. The van der Waals surface area contributed by atoms with E-state index in [1.54, 1.807) is 0 Å². The molecule has 0 unspecified atom stereocenters. The van der Waals surface area contributed by atoms with Gasteiger partial charge in [0, 0.05) is 0 Å². The third kappa shape index (κ3) is 3.95. The fraction of sp³-hybridized carbons (Fsp3) is 0.533. The highest BCUT2D eigenvalue weighted by atomic mass is 35.5. The monoisotopic (exact) mass is 280 g/mol. The molecule has 0 atom stereocenters. The molecule has 1 aliphatic rings. The molecule has 0 aromatic heterocycles. The van der Waals surface area contributed by atoms with Gasteiger partial charge in [0.15, 0.2) is 0 Å². The van der Waals surface area contributed by atoms with E-state index in [4.69, 9.17) is 11.6 Å². The molecule has 1 saturated heterocycles. The van der Waals surface area contributed by atoms with Crippen LogP contribution in [0.2, 0.25) is 5.02 Å². The van der Waals surface area contributed by atoms with E-state index in [0.29, 0.717) is 11.6 Å². The highest BCUT2D eigenvalue weighted by Gasteiger charge is 2.15. The van der Waals surface area contributed by atoms with E-state index in [9.17, 15) is 4.79 Å². The van der Waals surface area contributed by atoms with Crippen LogP contribution in [0.3, 0.4) is 0 Å². The highest BCUT2D eigenvalue weighted by Crippen LogP contribution is 2.27. The van der Waals surface area contributed by atoms with Gasteiger partial charge in [-0.15, -0.1) is 0 Å². The van der Waals surface area contributed by atoms with E-state index in [1.165, 1.54) is 19.3 Å². The molecule has 104 valence electrons. The molecular weight excluding hydrogens is 260 g/mol. The first-order valence-electron chi connectivity index (χ1n) is 6.85. The third-order valence-electron chi connectivity index (χ3n) is 3.51. The summed E-state index contributed by atoms with van der Waals surface area (Å²) in [5, 5.41) is 3.56. The maximum absolute atomic E-state index is 12.1. The second kappa shape index (κ2) is 6.40. The Morgan fingerprint density at radius 3 is 2.58 bits per heavy atom. The molecule has 0 spiro atoms. The minimum atomic E-state index is 0.0238. The summed E-state index contributed by atoms with van der Waals surface area (Å²) in [4.78, 5) is 14.3. The number of aryl methyl sites for hydroxylation is 2. The van der Waals surface area contributed by atoms with Crippen LogP contribution in [0.4, 0.5) is 5.69 Å². The standard InChI is InChI=1S/C15H21ClN2O/c1-11-8-12(2)15(13(16)9-11)17-14(19)10-18-6-4-3-5-7-18/h8-9H,3-7,10H2,1-2H3,(H,17,19). The number of benzene rings is 1. The number of hydrogen-bond acceptors (Lipinski definition) is 2. The maximum Gasteiger partial charge on any atom is 0.238 e. The molecule has 0 aliphatic carbocycles. The number of anilines is 1. The van der Waals surface area contributed by atoms with Gasteiger partial charge in [-0.3, -0.25) is 9.69 Å². The van der Waals surface area contributed by atoms with Crippen LogP contribution >= 0.6 is 11.6 Å². The predicted octanol–water partition coefficient (Wildman–Crippen LogP) is 3.38. The molecule has 0 bridgehead atoms. The van der Waals surface area contributed by atoms with Gasteiger partial charge in [-0.2, -0.15) is 0 Å². The zero-order chi connectivity index (χ0) is 13.8. The van der Waals surface area contributed by atoms with Crippen molar-refractivity contribution < 1.29 is 4.79 Å². The van der Waals surface area contributed by atoms with E-state index >= 15 is 0 Å². The van der Waals surface area contributed by atoms with Crippen molar-refractivity contribution in [1.82, 2.24) is 4.90 Å². The first kappa shape index (κ1) is 14.4. The fourth-order valence-electron chi connectivity index (χ4n) is 2.57. The van der Waals surface area contributed by atoms with E-state index < -0.39 is 0 Å². The average Bonchev–Trinajstić information content (AvgIpc) is 2.35. The number of carbonyl (C=O) groups excluding carboxylic acids is 1. The second-order valence-corrected chi connectivity index (χ2v) is 5.73. The van der Waals surface area contributed by atoms with E-state index in [2.05, 4.69) is 10.2 Å². The lowest BCUT2D eigenvalue weighted by Crippen LogP contribution is -2.37. The minimum Gasteiger partial charge on any atom is -0.323 e. The number of piperidine rings is 1. The highest BCUT2D eigenvalue weighted by molar-refractivity contribution is 6.34. The van der Waals surface area contributed by atoms with Crippen molar-refractivity contribution in [3.05, 3.63) is 28.3 Å². The Hall–Kier alpha value is -1.06. The number of amides is 1.